The van der Waals surface area contributed by atoms with Crippen LogP contribution in [0.25, 0.3) is 0 Å². The lowest BCUT2D eigenvalue weighted by Crippen LogP contribution is -2.16. The molecule has 6 nitrogen and oxygen atoms in total. The zero-order chi connectivity index (χ0) is 15.6. The molecule has 1 N–H and O–H groups in total. The van der Waals surface area contributed by atoms with Crippen molar-refractivity contribution in [1.82, 2.24) is 4.98 Å². The second kappa shape index (κ2) is 5.57. The van der Waals surface area contributed by atoms with Crippen LogP contribution in [0, 0.1) is 27.7 Å². The Morgan fingerprint density at radius 1 is 1.24 bits per heavy atom. The molecule has 0 fully saturated rings. The molecule has 108 valence electrons. The molecule has 0 saturated carbocycles. The number of nitro benzene ring substituents is 1. The van der Waals surface area contributed by atoms with Crippen LogP contribution in [-0.2, 0) is 0 Å². The van der Waals surface area contributed by atoms with Gasteiger partial charge in [0.25, 0.3) is 5.91 Å². The minimum Gasteiger partial charge on any atom is -0.306 e. The normalized spacial score (nSPS) is 10.2. The van der Waals surface area contributed by atoms with Crippen LogP contribution in [0.1, 0.15) is 10.4 Å². The molecule has 1 heterocycles. The third kappa shape index (κ3) is 3.14. The van der Waals surface area contributed by atoms with Crippen LogP contribution in [0.4, 0.5) is 24.7 Å². The van der Waals surface area contributed by atoms with E-state index < -0.39 is 39.7 Å². The molecule has 1 aromatic carbocycles. The van der Waals surface area contributed by atoms with Gasteiger partial charge in [-0.05, 0) is 18.2 Å². The fourth-order valence-corrected chi connectivity index (χ4v) is 1.53. The van der Waals surface area contributed by atoms with E-state index in [9.17, 15) is 28.1 Å². The predicted molar refractivity (Wildman–Crippen MR) is 65.2 cm³/mol. The van der Waals surface area contributed by atoms with Crippen LogP contribution in [0.5, 0.6) is 0 Å². The Bertz CT molecular complexity index is 737. The van der Waals surface area contributed by atoms with Crippen molar-refractivity contribution >= 4 is 17.4 Å². The Kier molecular flexibility index (Phi) is 3.83. The molecule has 9 heteroatoms. The highest BCUT2D eigenvalue weighted by Gasteiger charge is 2.24. The number of hydrogen-bond donors (Lipinski definition) is 1. The second-order valence-corrected chi connectivity index (χ2v) is 3.84. The summed E-state index contributed by atoms with van der Waals surface area (Å²) in [4.78, 5) is 24.5. The molecule has 2 aromatic rings. The average Bonchev–Trinajstić information content (AvgIpc) is 2.40. The summed E-state index contributed by atoms with van der Waals surface area (Å²) in [7, 11) is 0. The molecule has 0 saturated heterocycles. The van der Waals surface area contributed by atoms with Crippen molar-refractivity contribution in [2.24, 2.45) is 0 Å². The Labute approximate surface area is 115 Å². The van der Waals surface area contributed by atoms with Crippen LogP contribution >= 0.6 is 0 Å². The monoisotopic (exact) mass is 297 g/mol. The lowest BCUT2D eigenvalue weighted by molar-refractivity contribution is -0.387. The van der Waals surface area contributed by atoms with E-state index in [1.807, 2.05) is 5.32 Å². The van der Waals surface area contributed by atoms with E-state index >= 15 is 0 Å². The largest absolute Gasteiger partial charge is 0.308 e. The summed E-state index contributed by atoms with van der Waals surface area (Å²) < 4.78 is 39.8. The molecule has 1 amide bonds. The van der Waals surface area contributed by atoms with Crippen LogP contribution in [0.3, 0.4) is 0 Å². The number of benzene rings is 1. The number of rotatable bonds is 3. The lowest BCUT2D eigenvalue weighted by Gasteiger charge is -2.06. The van der Waals surface area contributed by atoms with Gasteiger partial charge in [-0.1, -0.05) is 6.07 Å². The van der Waals surface area contributed by atoms with E-state index in [1.54, 1.807) is 0 Å². The van der Waals surface area contributed by atoms with Gasteiger partial charge in [-0.15, -0.1) is 0 Å². The first kappa shape index (κ1) is 14.4. The molecule has 0 spiro atoms. The van der Waals surface area contributed by atoms with Crippen molar-refractivity contribution in [3.8, 4) is 0 Å². The highest BCUT2D eigenvalue weighted by molar-refractivity contribution is 6.04. The van der Waals surface area contributed by atoms with Gasteiger partial charge in [0.05, 0.1) is 16.6 Å². The summed E-state index contributed by atoms with van der Waals surface area (Å²) in [6.45, 7) is 0. The first-order valence-corrected chi connectivity index (χ1v) is 5.46. The summed E-state index contributed by atoms with van der Waals surface area (Å²) >= 11 is 0. The molecule has 21 heavy (non-hydrogen) atoms. The molecule has 0 aliphatic carbocycles. The molecule has 0 aliphatic rings. The quantitative estimate of drug-likeness (QED) is 0.536. The first-order valence-electron chi connectivity index (χ1n) is 5.46. The van der Waals surface area contributed by atoms with E-state index in [1.165, 1.54) is 12.1 Å². The lowest BCUT2D eigenvalue weighted by atomic mass is 10.1. The maximum Gasteiger partial charge on any atom is 0.308 e. The highest BCUT2D eigenvalue weighted by atomic mass is 19.1. The molecule has 0 unspecified atom stereocenters. The van der Waals surface area contributed by atoms with Crippen molar-refractivity contribution in [2.45, 2.75) is 0 Å². The maximum absolute atomic E-state index is 13.8. The summed E-state index contributed by atoms with van der Waals surface area (Å²) in [5.74, 6) is -4.96. The third-order valence-electron chi connectivity index (χ3n) is 2.42. The van der Waals surface area contributed by atoms with Gasteiger partial charge < -0.3 is 5.32 Å². The number of hydrogen-bond acceptors (Lipinski definition) is 4. The molecule has 0 bridgehead atoms. The molecule has 2 rings (SSSR count). The fourth-order valence-electron chi connectivity index (χ4n) is 1.53. The van der Waals surface area contributed by atoms with Gasteiger partial charge in [0.2, 0.25) is 11.8 Å². The van der Waals surface area contributed by atoms with Crippen molar-refractivity contribution < 1.29 is 22.9 Å². The number of nitrogens with one attached hydrogen (secondary N) is 1. The van der Waals surface area contributed by atoms with E-state index in [-0.39, 0.29) is 5.82 Å². The standard InChI is InChI=1S/C12H6F3N3O3/c13-6-4-7(11(15)8(5-6)18(20)21)12(19)17-10-3-1-2-9(14)16-10/h1-5H,(H,16,17,19). The second-order valence-electron chi connectivity index (χ2n) is 3.84. The van der Waals surface area contributed by atoms with E-state index in [0.29, 0.717) is 12.1 Å². The number of nitrogens with zero attached hydrogens (tertiary/aromatic N) is 2. The van der Waals surface area contributed by atoms with E-state index in [4.69, 9.17) is 0 Å². The number of nitro groups is 1. The van der Waals surface area contributed by atoms with Gasteiger partial charge in [-0.2, -0.15) is 8.78 Å². The van der Waals surface area contributed by atoms with Crippen molar-refractivity contribution in [3.05, 3.63) is 63.6 Å². The number of halogens is 3. The minimum absolute atomic E-state index is 0.244. The Morgan fingerprint density at radius 2 is 1.95 bits per heavy atom. The Hall–Kier alpha value is -2.97. The number of anilines is 1. The van der Waals surface area contributed by atoms with Crippen LogP contribution in [0.2, 0.25) is 0 Å². The summed E-state index contributed by atoms with van der Waals surface area (Å²) in [6.07, 6.45) is 0. The molecular formula is C12H6F3N3O3. The SMILES string of the molecule is O=C(Nc1cccc(F)n1)c1cc(F)cc([N+](=O)[O-])c1F. The molecule has 0 aliphatic heterocycles. The number of carbonyl (C=O) groups excluding carboxylic acids is 1. The van der Waals surface area contributed by atoms with Gasteiger partial charge in [-0.3, -0.25) is 14.9 Å². The van der Waals surface area contributed by atoms with Gasteiger partial charge in [0.1, 0.15) is 11.6 Å². The van der Waals surface area contributed by atoms with Gasteiger partial charge in [0, 0.05) is 0 Å². The fraction of sp³-hybridized carbons (Fsp3) is 0. The molecule has 0 atom stereocenters. The predicted octanol–water partition coefficient (Wildman–Crippen LogP) is 2.66. The topological polar surface area (TPSA) is 85.1 Å². The summed E-state index contributed by atoms with van der Waals surface area (Å²) in [5, 5.41) is 12.6. The zero-order valence-electron chi connectivity index (χ0n) is 10.1. The van der Waals surface area contributed by atoms with Crippen LogP contribution in [0.15, 0.2) is 30.3 Å². The van der Waals surface area contributed by atoms with Gasteiger partial charge >= 0.3 is 5.69 Å². The summed E-state index contributed by atoms with van der Waals surface area (Å²) in [6, 6.07) is 4.32. The Morgan fingerprint density at radius 3 is 2.57 bits per heavy atom. The van der Waals surface area contributed by atoms with Crippen molar-refractivity contribution in [1.29, 1.82) is 0 Å². The minimum atomic E-state index is -1.49. The van der Waals surface area contributed by atoms with Crippen molar-refractivity contribution in [3.63, 3.8) is 0 Å². The zero-order valence-corrected chi connectivity index (χ0v) is 10.1. The summed E-state index contributed by atoms with van der Waals surface area (Å²) in [5.41, 5.74) is -2.06. The van der Waals surface area contributed by atoms with Crippen molar-refractivity contribution in [2.75, 3.05) is 5.32 Å². The van der Waals surface area contributed by atoms with Crippen LogP contribution < -0.4 is 5.32 Å². The van der Waals surface area contributed by atoms with Gasteiger partial charge in [-0.25, -0.2) is 9.37 Å². The third-order valence-corrected chi connectivity index (χ3v) is 2.42. The van der Waals surface area contributed by atoms with Crippen LogP contribution in [-0.4, -0.2) is 15.8 Å². The number of pyridine rings is 1. The smallest absolute Gasteiger partial charge is 0.306 e. The van der Waals surface area contributed by atoms with Gasteiger partial charge in [0.15, 0.2) is 0 Å². The van der Waals surface area contributed by atoms with E-state index in [2.05, 4.69) is 4.98 Å². The molecule has 0 radical (unpaired) electrons. The molecular weight excluding hydrogens is 291 g/mol. The maximum atomic E-state index is 13.8. The van der Waals surface area contributed by atoms with E-state index in [0.717, 1.165) is 6.07 Å². The highest BCUT2D eigenvalue weighted by Crippen LogP contribution is 2.23. The number of amides is 1. The Balaban J connectivity index is 2.37. The average molecular weight is 297 g/mol. The molecule has 1 aromatic heterocycles. The number of aromatic nitrogens is 1. The first-order chi connectivity index (χ1) is 9.88. The number of carbonyl (C=O) groups is 1.